The Morgan fingerprint density at radius 2 is 1.79 bits per heavy atom. The second-order valence-electron chi connectivity index (χ2n) is 9.56. The molecule has 1 aliphatic rings. The van der Waals surface area contributed by atoms with Crippen molar-refractivity contribution in [2.75, 3.05) is 4.90 Å². The summed E-state index contributed by atoms with van der Waals surface area (Å²) < 4.78 is 0. The van der Waals surface area contributed by atoms with E-state index in [1.165, 1.54) is 16.1 Å². The van der Waals surface area contributed by atoms with Crippen LogP contribution in [0.5, 0.6) is 0 Å². The number of pyridine rings is 1. The SMILES string of the molecule is O=C(NC1CCCC1)C(c1ccncc1)N(C(=O)Cn1nnc(-c2cccs2)n1)c1cccc2ccccc12. The number of amides is 2. The van der Waals surface area contributed by atoms with Crippen LogP contribution in [0.25, 0.3) is 21.5 Å². The summed E-state index contributed by atoms with van der Waals surface area (Å²) in [5, 5.41) is 19.7. The molecular formula is C29H27N7O2S. The number of nitrogens with zero attached hydrogens (tertiary/aromatic N) is 6. The molecule has 0 spiro atoms. The summed E-state index contributed by atoms with van der Waals surface area (Å²) >= 11 is 1.50. The molecule has 9 nitrogen and oxygen atoms in total. The minimum absolute atomic E-state index is 0.0941. The van der Waals surface area contributed by atoms with E-state index in [0.717, 1.165) is 41.3 Å². The fourth-order valence-corrected chi connectivity index (χ4v) is 5.81. The number of tetrazole rings is 1. The van der Waals surface area contributed by atoms with E-state index in [0.29, 0.717) is 17.1 Å². The number of carbonyl (C=O) groups excluding carboxylic acids is 2. The van der Waals surface area contributed by atoms with Gasteiger partial charge in [0.15, 0.2) is 0 Å². The van der Waals surface area contributed by atoms with Crippen LogP contribution in [0.1, 0.15) is 37.3 Å². The van der Waals surface area contributed by atoms with Gasteiger partial charge in [-0.1, -0.05) is 55.3 Å². The maximum atomic E-state index is 14.2. The number of hydrogen-bond donors (Lipinski definition) is 1. The zero-order valence-corrected chi connectivity index (χ0v) is 22.0. The van der Waals surface area contributed by atoms with Gasteiger partial charge in [0.2, 0.25) is 11.7 Å². The Morgan fingerprint density at radius 1 is 1.00 bits per heavy atom. The number of anilines is 1. The van der Waals surface area contributed by atoms with Crippen molar-refractivity contribution in [3.63, 3.8) is 0 Å². The number of hydrogen-bond acceptors (Lipinski definition) is 7. The number of rotatable bonds is 8. The molecule has 196 valence electrons. The van der Waals surface area contributed by atoms with Crippen LogP contribution < -0.4 is 10.2 Å². The van der Waals surface area contributed by atoms with Gasteiger partial charge in [0.25, 0.3) is 5.91 Å². The monoisotopic (exact) mass is 537 g/mol. The number of aromatic nitrogens is 5. The fraction of sp³-hybridized carbons (Fsp3) is 0.241. The van der Waals surface area contributed by atoms with E-state index in [-0.39, 0.29) is 24.4 Å². The molecule has 3 heterocycles. The lowest BCUT2D eigenvalue weighted by Crippen LogP contribution is -2.47. The normalized spacial score (nSPS) is 14.4. The van der Waals surface area contributed by atoms with Crippen LogP contribution in [0.3, 0.4) is 0 Å². The molecule has 1 fully saturated rings. The Labute approximate surface area is 229 Å². The molecule has 2 amide bonds. The number of benzene rings is 2. The molecule has 1 N–H and O–H groups in total. The highest BCUT2D eigenvalue weighted by Gasteiger charge is 2.35. The van der Waals surface area contributed by atoms with E-state index in [9.17, 15) is 9.59 Å². The standard InChI is InChI=1S/C29H27N7O2S/c37-26(19-35-33-28(32-34-35)25-13-6-18-39-25)36(24-12-5-8-20-7-1-4-11-23(20)24)27(21-14-16-30-17-15-21)29(38)31-22-9-2-3-10-22/h1,4-8,11-18,22,27H,2-3,9-10,19H2,(H,31,38). The first kappa shape index (κ1) is 24.9. The third-order valence-electron chi connectivity index (χ3n) is 7.00. The first-order valence-corrected chi connectivity index (χ1v) is 13.9. The molecule has 10 heteroatoms. The van der Waals surface area contributed by atoms with E-state index in [4.69, 9.17) is 0 Å². The number of thiophene rings is 1. The largest absolute Gasteiger partial charge is 0.351 e. The fourth-order valence-electron chi connectivity index (χ4n) is 5.16. The van der Waals surface area contributed by atoms with Crippen LogP contribution in [-0.4, -0.2) is 43.0 Å². The number of carbonyl (C=O) groups is 2. The highest BCUT2D eigenvalue weighted by atomic mass is 32.1. The molecular weight excluding hydrogens is 510 g/mol. The highest BCUT2D eigenvalue weighted by Crippen LogP contribution is 2.34. The molecule has 5 aromatic rings. The van der Waals surface area contributed by atoms with Gasteiger partial charge in [-0.3, -0.25) is 19.5 Å². The van der Waals surface area contributed by atoms with Gasteiger partial charge >= 0.3 is 0 Å². The van der Waals surface area contributed by atoms with E-state index >= 15 is 0 Å². The van der Waals surface area contributed by atoms with E-state index in [1.807, 2.05) is 60.0 Å². The predicted molar refractivity (Wildman–Crippen MR) is 150 cm³/mol. The molecule has 0 radical (unpaired) electrons. The molecule has 0 saturated heterocycles. The predicted octanol–water partition coefficient (Wildman–Crippen LogP) is 4.78. The molecule has 1 atom stereocenters. The van der Waals surface area contributed by atoms with Gasteiger partial charge in [0.1, 0.15) is 12.6 Å². The molecule has 2 aromatic carbocycles. The van der Waals surface area contributed by atoms with Gasteiger partial charge in [0, 0.05) is 23.8 Å². The molecule has 3 aromatic heterocycles. The van der Waals surface area contributed by atoms with Crippen molar-refractivity contribution in [3.05, 3.63) is 90.1 Å². The summed E-state index contributed by atoms with van der Waals surface area (Å²) in [6.45, 7) is -0.181. The Balaban J connectivity index is 1.43. The third-order valence-corrected chi connectivity index (χ3v) is 7.86. The quantitative estimate of drug-likeness (QED) is 0.305. The third kappa shape index (κ3) is 5.28. The van der Waals surface area contributed by atoms with Gasteiger partial charge < -0.3 is 5.32 Å². The summed E-state index contributed by atoms with van der Waals surface area (Å²) in [5.41, 5.74) is 1.31. The average molecular weight is 538 g/mol. The van der Waals surface area contributed by atoms with Crippen molar-refractivity contribution in [1.82, 2.24) is 30.5 Å². The Morgan fingerprint density at radius 3 is 2.59 bits per heavy atom. The van der Waals surface area contributed by atoms with Crippen LogP contribution in [0.2, 0.25) is 0 Å². The molecule has 6 rings (SSSR count). The van der Waals surface area contributed by atoms with Crippen LogP contribution in [0, 0.1) is 0 Å². The Kier molecular flexibility index (Phi) is 7.09. The zero-order valence-electron chi connectivity index (χ0n) is 21.2. The Hall–Kier alpha value is -4.44. The van der Waals surface area contributed by atoms with Crippen molar-refractivity contribution >= 4 is 39.6 Å². The molecule has 39 heavy (non-hydrogen) atoms. The van der Waals surface area contributed by atoms with Crippen LogP contribution in [0.4, 0.5) is 5.69 Å². The minimum Gasteiger partial charge on any atom is -0.351 e. The van der Waals surface area contributed by atoms with Crippen molar-refractivity contribution in [2.45, 2.75) is 44.3 Å². The molecule has 1 unspecified atom stereocenters. The molecule has 0 bridgehead atoms. The summed E-state index contributed by atoms with van der Waals surface area (Å²) in [4.78, 5) is 36.1. The second kappa shape index (κ2) is 11.1. The lowest BCUT2D eigenvalue weighted by atomic mass is 10.0. The van der Waals surface area contributed by atoms with Gasteiger partial charge in [0.05, 0.1) is 10.6 Å². The van der Waals surface area contributed by atoms with Crippen LogP contribution in [0.15, 0.2) is 84.5 Å². The number of nitrogens with one attached hydrogen (secondary N) is 1. The van der Waals surface area contributed by atoms with Crippen molar-refractivity contribution in [1.29, 1.82) is 0 Å². The van der Waals surface area contributed by atoms with E-state index in [2.05, 4.69) is 25.7 Å². The Bertz CT molecular complexity index is 1570. The van der Waals surface area contributed by atoms with Crippen molar-refractivity contribution in [2.24, 2.45) is 0 Å². The van der Waals surface area contributed by atoms with E-state index in [1.54, 1.807) is 29.4 Å². The smallest absolute Gasteiger partial charge is 0.251 e. The summed E-state index contributed by atoms with van der Waals surface area (Å²) in [6, 6.07) is 20.2. The number of fused-ring (bicyclic) bond motifs is 1. The van der Waals surface area contributed by atoms with Crippen LogP contribution >= 0.6 is 11.3 Å². The molecule has 1 saturated carbocycles. The van der Waals surface area contributed by atoms with Crippen molar-refractivity contribution in [3.8, 4) is 10.7 Å². The maximum Gasteiger partial charge on any atom is 0.251 e. The first-order valence-electron chi connectivity index (χ1n) is 13.0. The average Bonchev–Trinajstić information content (AvgIpc) is 3.75. The molecule has 0 aliphatic heterocycles. The molecule has 1 aliphatic carbocycles. The zero-order chi connectivity index (χ0) is 26.6. The summed E-state index contributed by atoms with van der Waals surface area (Å²) in [6.07, 6.45) is 7.33. The van der Waals surface area contributed by atoms with Gasteiger partial charge in [-0.25, -0.2) is 0 Å². The van der Waals surface area contributed by atoms with Crippen molar-refractivity contribution < 1.29 is 9.59 Å². The van der Waals surface area contributed by atoms with Crippen LogP contribution in [-0.2, 0) is 16.1 Å². The van der Waals surface area contributed by atoms with Gasteiger partial charge in [-0.15, -0.1) is 21.5 Å². The summed E-state index contributed by atoms with van der Waals surface area (Å²) in [5.74, 6) is -0.0933. The highest BCUT2D eigenvalue weighted by molar-refractivity contribution is 7.13. The maximum absolute atomic E-state index is 14.2. The van der Waals surface area contributed by atoms with E-state index < -0.39 is 6.04 Å². The minimum atomic E-state index is -0.910. The lowest BCUT2D eigenvalue weighted by molar-refractivity contribution is -0.127. The topological polar surface area (TPSA) is 106 Å². The first-order chi connectivity index (χ1) is 19.2. The second-order valence-corrected chi connectivity index (χ2v) is 10.5. The van der Waals surface area contributed by atoms with Gasteiger partial charge in [-0.2, -0.15) is 4.80 Å². The summed E-state index contributed by atoms with van der Waals surface area (Å²) in [7, 11) is 0. The lowest BCUT2D eigenvalue weighted by Gasteiger charge is -2.33. The van der Waals surface area contributed by atoms with Gasteiger partial charge in [-0.05, 0) is 58.7 Å².